The van der Waals surface area contributed by atoms with Crippen molar-refractivity contribution in [2.45, 2.75) is 13.8 Å². The number of hydrogen-bond donors (Lipinski definition) is 0. The van der Waals surface area contributed by atoms with Crippen LogP contribution in [-0.2, 0) is 4.79 Å². The number of likely N-dealkylation sites (N-methyl/N-ethyl adjacent to an activating group) is 1. The van der Waals surface area contributed by atoms with E-state index < -0.39 is 0 Å². The fraction of sp³-hybridized carbons (Fsp3) is 0.217. The predicted octanol–water partition coefficient (Wildman–Crippen LogP) is 5.24. The lowest BCUT2D eigenvalue weighted by Gasteiger charge is -2.19. The van der Waals surface area contributed by atoms with Gasteiger partial charge < -0.3 is 9.64 Å². The Morgan fingerprint density at radius 1 is 0.935 bits per heavy atom. The maximum absolute atomic E-state index is 12.3. The summed E-state index contributed by atoms with van der Waals surface area (Å²) in [5.41, 5.74) is 2.48. The van der Waals surface area contributed by atoms with Gasteiger partial charge in [-0.05, 0) is 38.1 Å². The Bertz CT molecular complexity index is 1110. The van der Waals surface area contributed by atoms with Crippen LogP contribution in [0.4, 0.5) is 0 Å². The summed E-state index contributed by atoms with van der Waals surface area (Å²) >= 11 is 12.1. The SMILES string of the molecule is CCN(CC)C(=O)COc1nc(-c2ccc(Cl)cc2)c(-c2ccc(Cl)cc2)nc1C#N. The van der Waals surface area contributed by atoms with Gasteiger partial charge in [-0.1, -0.05) is 47.5 Å². The maximum Gasteiger partial charge on any atom is 0.260 e. The molecule has 0 aliphatic rings. The van der Waals surface area contributed by atoms with Crippen molar-refractivity contribution in [3.05, 3.63) is 64.3 Å². The smallest absolute Gasteiger partial charge is 0.260 e. The van der Waals surface area contributed by atoms with E-state index in [1.165, 1.54) is 0 Å². The van der Waals surface area contributed by atoms with Crippen LogP contribution in [0, 0.1) is 11.3 Å². The molecule has 8 heteroatoms. The van der Waals surface area contributed by atoms with E-state index >= 15 is 0 Å². The van der Waals surface area contributed by atoms with E-state index in [4.69, 9.17) is 27.9 Å². The topological polar surface area (TPSA) is 79.1 Å². The molecule has 0 aliphatic heterocycles. The van der Waals surface area contributed by atoms with E-state index in [1.807, 2.05) is 32.0 Å². The summed E-state index contributed by atoms with van der Waals surface area (Å²) in [6.45, 7) is 4.69. The molecule has 6 nitrogen and oxygen atoms in total. The number of hydrogen-bond acceptors (Lipinski definition) is 5. The zero-order chi connectivity index (χ0) is 22.4. The lowest BCUT2D eigenvalue weighted by molar-refractivity contribution is -0.133. The van der Waals surface area contributed by atoms with Crippen molar-refractivity contribution < 1.29 is 9.53 Å². The normalized spacial score (nSPS) is 10.4. The number of ether oxygens (including phenoxy) is 1. The molecule has 31 heavy (non-hydrogen) atoms. The Balaban J connectivity index is 2.07. The summed E-state index contributed by atoms with van der Waals surface area (Å²) in [6, 6.07) is 16.2. The van der Waals surface area contributed by atoms with Crippen LogP contribution in [0.25, 0.3) is 22.5 Å². The summed E-state index contributed by atoms with van der Waals surface area (Å²) in [5.74, 6) is -0.184. The first-order chi connectivity index (χ1) is 15.0. The number of benzene rings is 2. The van der Waals surface area contributed by atoms with Crippen LogP contribution >= 0.6 is 23.2 Å². The molecule has 0 aliphatic carbocycles. The van der Waals surface area contributed by atoms with E-state index in [0.717, 1.165) is 11.1 Å². The summed E-state index contributed by atoms with van der Waals surface area (Å²) in [5, 5.41) is 10.8. The van der Waals surface area contributed by atoms with E-state index in [0.29, 0.717) is 34.5 Å². The van der Waals surface area contributed by atoms with Crippen LogP contribution in [0.15, 0.2) is 48.5 Å². The highest BCUT2D eigenvalue weighted by Crippen LogP contribution is 2.33. The Kier molecular flexibility index (Phi) is 7.45. The molecule has 0 atom stereocenters. The van der Waals surface area contributed by atoms with Gasteiger partial charge in [-0.2, -0.15) is 5.26 Å². The van der Waals surface area contributed by atoms with Crippen molar-refractivity contribution in [1.29, 1.82) is 5.26 Å². The molecule has 2 aromatic carbocycles. The average molecular weight is 455 g/mol. The molecule has 158 valence electrons. The van der Waals surface area contributed by atoms with Crippen LogP contribution < -0.4 is 4.74 Å². The molecule has 0 N–H and O–H groups in total. The third-order valence-electron chi connectivity index (χ3n) is 4.65. The zero-order valence-electron chi connectivity index (χ0n) is 17.1. The van der Waals surface area contributed by atoms with Crippen molar-refractivity contribution in [2.75, 3.05) is 19.7 Å². The molecule has 3 aromatic rings. The standard InChI is InChI=1S/C23H20Cl2N4O2/c1-3-29(4-2)20(30)14-31-23-19(13-26)27-21(15-5-9-17(24)10-6-15)22(28-23)16-7-11-18(25)12-8-16/h5-12H,3-4,14H2,1-2H3. The Morgan fingerprint density at radius 2 is 1.42 bits per heavy atom. The predicted molar refractivity (Wildman–Crippen MR) is 121 cm³/mol. The first-order valence-corrected chi connectivity index (χ1v) is 10.5. The van der Waals surface area contributed by atoms with Gasteiger partial charge in [0.15, 0.2) is 6.61 Å². The summed E-state index contributed by atoms with van der Waals surface area (Å²) < 4.78 is 5.64. The van der Waals surface area contributed by atoms with E-state index in [2.05, 4.69) is 9.97 Å². The molecule has 0 spiro atoms. The van der Waals surface area contributed by atoms with E-state index in [-0.39, 0.29) is 24.1 Å². The molecule has 0 radical (unpaired) electrons. The lowest BCUT2D eigenvalue weighted by Crippen LogP contribution is -2.34. The van der Waals surface area contributed by atoms with Gasteiger partial charge in [0.1, 0.15) is 11.8 Å². The Morgan fingerprint density at radius 3 is 1.87 bits per heavy atom. The van der Waals surface area contributed by atoms with Crippen LogP contribution in [0.1, 0.15) is 19.5 Å². The van der Waals surface area contributed by atoms with Gasteiger partial charge in [0.2, 0.25) is 5.69 Å². The molecule has 0 saturated heterocycles. The second-order valence-corrected chi connectivity index (χ2v) is 7.43. The van der Waals surface area contributed by atoms with E-state index in [9.17, 15) is 10.1 Å². The van der Waals surface area contributed by atoms with Crippen molar-refractivity contribution in [3.63, 3.8) is 0 Å². The van der Waals surface area contributed by atoms with Crippen molar-refractivity contribution in [2.24, 2.45) is 0 Å². The number of aromatic nitrogens is 2. The fourth-order valence-electron chi connectivity index (χ4n) is 3.01. The first kappa shape index (κ1) is 22.5. The minimum absolute atomic E-state index is 0.00462. The van der Waals surface area contributed by atoms with Crippen LogP contribution in [-0.4, -0.2) is 40.5 Å². The molecule has 0 bridgehead atoms. The highest BCUT2D eigenvalue weighted by molar-refractivity contribution is 6.31. The largest absolute Gasteiger partial charge is 0.465 e. The molecular weight excluding hydrogens is 435 g/mol. The molecule has 0 unspecified atom stereocenters. The third kappa shape index (κ3) is 5.32. The molecule has 1 aromatic heterocycles. The van der Waals surface area contributed by atoms with Gasteiger partial charge in [0.25, 0.3) is 11.8 Å². The first-order valence-electron chi connectivity index (χ1n) is 9.71. The van der Waals surface area contributed by atoms with Crippen molar-refractivity contribution >= 4 is 29.1 Å². The van der Waals surface area contributed by atoms with Crippen LogP contribution in [0.2, 0.25) is 10.0 Å². The number of carbonyl (C=O) groups is 1. The average Bonchev–Trinajstić information content (AvgIpc) is 2.79. The van der Waals surface area contributed by atoms with Gasteiger partial charge in [0, 0.05) is 34.3 Å². The number of halogens is 2. The second-order valence-electron chi connectivity index (χ2n) is 6.55. The summed E-state index contributed by atoms with van der Waals surface area (Å²) in [6.07, 6.45) is 0. The fourth-order valence-corrected chi connectivity index (χ4v) is 3.26. The quantitative estimate of drug-likeness (QED) is 0.487. The van der Waals surface area contributed by atoms with Gasteiger partial charge in [-0.15, -0.1) is 0 Å². The molecule has 1 amide bonds. The second kappa shape index (κ2) is 10.3. The third-order valence-corrected chi connectivity index (χ3v) is 5.16. The minimum atomic E-state index is -0.231. The molecular formula is C23H20Cl2N4O2. The lowest BCUT2D eigenvalue weighted by atomic mass is 10.0. The molecule has 0 fully saturated rings. The monoisotopic (exact) mass is 454 g/mol. The van der Waals surface area contributed by atoms with E-state index in [1.54, 1.807) is 41.3 Å². The Hall–Kier alpha value is -3.14. The molecule has 3 rings (SSSR count). The maximum atomic E-state index is 12.3. The number of amides is 1. The van der Waals surface area contributed by atoms with Gasteiger partial charge in [0.05, 0.1) is 5.69 Å². The van der Waals surface area contributed by atoms with Crippen LogP contribution in [0.3, 0.4) is 0 Å². The molecule has 1 heterocycles. The van der Waals surface area contributed by atoms with Gasteiger partial charge in [-0.3, -0.25) is 4.79 Å². The Labute approximate surface area is 191 Å². The minimum Gasteiger partial charge on any atom is -0.465 e. The van der Waals surface area contributed by atoms with Gasteiger partial charge >= 0.3 is 0 Å². The van der Waals surface area contributed by atoms with Crippen molar-refractivity contribution in [1.82, 2.24) is 14.9 Å². The van der Waals surface area contributed by atoms with Crippen molar-refractivity contribution in [3.8, 4) is 34.5 Å². The number of carbonyl (C=O) groups excluding carboxylic acids is 1. The summed E-state index contributed by atoms with van der Waals surface area (Å²) in [4.78, 5) is 23.0. The highest BCUT2D eigenvalue weighted by Gasteiger charge is 2.19. The molecule has 0 saturated carbocycles. The zero-order valence-corrected chi connectivity index (χ0v) is 18.6. The number of rotatable bonds is 7. The van der Waals surface area contributed by atoms with Crippen LogP contribution in [0.5, 0.6) is 5.88 Å². The highest BCUT2D eigenvalue weighted by atomic mass is 35.5. The number of nitrogens with zero attached hydrogens (tertiary/aromatic N) is 4. The summed E-state index contributed by atoms with van der Waals surface area (Å²) in [7, 11) is 0. The number of nitriles is 1. The van der Waals surface area contributed by atoms with Gasteiger partial charge in [-0.25, -0.2) is 9.97 Å².